The van der Waals surface area contributed by atoms with Crippen molar-refractivity contribution in [2.75, 3.05) is 17.7 Å². The first-order valence-electron chi connectivity index (χ1n) is 6.32. The third kappa shape index (κ3) is 4.31. The van der Waals surface area contributed by atoms with Crippen LogP contribution in [0.3, 0.4) is 0 Å². The molecule has 106 valence electrons. The molecule has 0 aliphatic heterocycles. The third-order valence-corrected chi connectivity index (χ3v) is 3.50. The van der Waals surface area contributed by atoms with Crippen LogP contribution in [0.2, 0.25) is 0 Å². The highest BCUT2D eigenvalue weighted by molar-refractivity contribution is 8.00. The fraction of sp³-hybridized carbons (Fsp3) is 0.286. The van der Waals surface area contributed by atoms with Gasteiger partial charge in [0.15, 0.2) is 5.82 Å². The lowest BCUT2D eigenvalue weighted by atomic mass is 10.3. The summed E-state index contributed by atoms with van der Waals surface area (Å²) in [6, 6.07) is 9.47. The molecule has 0 radical (unpaired) electrons. The SMILES string of the molecule is CCOc1ccc(SCC(=O)Nc2ccn(C)n2)cc1. The van der Waals surface area contributed by atoms with Gasteiger partial charge in [-0.3, -0.25) is 9.48 Å². The van der Waals surface area contributed by atoms with Crippen molar-refractivity contribution in [3.8, 4) is 5.75 Å². The fourth-order valence-electron chi connectivity index (χ4n) is 1.61. The molecule has 0 unspecified atom stereocenters. The summed E-state index contributed by atoms with van der Waals surface area (Å²) in [5.41, 5.74) is 0. The highest BCUT2D eigenvalue weighted by Gasteiger charge is 2.05. The Balaban J connectivity index is 1.80. The van der Waals surface area contributed by atoms with Crippen LogP contribution in [0.15, 0.2) is 41.4 Å². The standard InChI is InChI=1S/C14H17N3O2S/c1-3-19-11-4-6-12(7-5-11)20-10-14(18)15-13-8-9-17(2)16-13/h4-9H,3,10H2,1-2H3,(H,15,16,18). The molecular weight excluding hydrogens is 274 g/mol. The van der Waals surface area contributed by atoms with Gasteiger partial charge in [-0.1, -0.05) is 0 Å². The smallest absolute Gasteiger partial charge is 0.235 e. The molecule has 5 nitrogen and oxygen atoms in total. The zero-order valence-electron chi connectivity index (χ0n) is 11.5. The van der Waals surface area contributed by atoms with Crippen LogP contribution in [-0.4, -0.2) is 28.0 Å². The predicted octanol–water partition coefficient (Wildman–Crippen LogP) is 2.55. The summed E-state index contributed by atoms with van der Waals surface area (Å²) in [5, 5.41) is 6.84. The molecule has 0 atom stereocenters. The Labute approximate surface area is 122 Å². The summed E-state index contributed by atoms with van der Waals surface area (Å²) in [4.78, 5) is 12.8. The van der Waals surface area contributed by atoms with Crippen molar-refractivity contribution in [3.05, 3.63) is 36.5 Å². The largest absolute Gasteiger partial charge is 0.494 e. The molecule has 1 amide bonds. The number of anilines is 1. The first-order chi connectivity index (χ1) is 9.67. The molecule has 0 aliphatic rings. The Morgan fingerprint density at radius 1 is 1.35 bits per heavy atom. The number of carbonyl (C=O) groups is 1. The molecule has 1 heterocycles. The first-order valence-corrected chi connectivity index (χ1v) is 7.31. The van der Waals surface area contributed by atoms with Gasteiger partial charge >= 0.3 is 0 Å². The molecule has 0 fully saturated rings. The average molecular weight is 291 g/mol. The summed E-state index contributed by atoms with van der Waals surface area (Å²) in [6.45, 7) is 2.60. The lowest BCUT2D eigenvalue weighted by molar-refractivity contribution is -0.113. The summed E-state index contributed by atoms with van der Waals surface area (Å²) in [7, 11) is 1.81. The van der Waals surface area contributed by atoms with Crippen molar-refractivity contribution in [1.82, 2.24) is 9.78 Å². The van der Waals surface area contributed by atoms with E-state index < -0.39 is 0 Å². The van der Waals surface area contributed by atoms with Gasteiger partial charge in [0.25, 0.3) is 0 Å². The molecule has 0 bridgehead atoms. The van der Waals surface area contributed by atoms with E-state index in [1.54, 1.807) is 16.9 Å². The van der Waals surface area contributed by atoms with E-state index in [2.05, 4.69) is 10.4 Å². The van der Waals surface area contributed by atoms with Gasteiger partial charge in [0.05, 0.1) is 12.4 Å². The number of amides is 1. The van der Waals surface area contributed by atoms with Crippen molar-refractivity contribution >= 4 is 23.5 Å². The van der Waals surface area contributed by atoms with Crippen molar-refractivity contribution in [3.63, 3.8) is 0 Å². The van der Waals surface area contributed by atoms with Crippen LogP contribution < -0.4 is 10.1 Å². The molecule has 6 heteroatoms. The van der Waals surface area contributed by atoms with Crippen LogP contribution in [0, 0.1) is 0 Å². The number of aromatic nitrogens is 2. The van der Waals surface area contributed by atoms with Gasteiger partial charge in [0.1, 0.15) is 5.75 Å². The van der Waals surface area contributed by atoms with Gasteiger partial charge < -0.3 is 10.1 Å². The van der Waals surface area contributed by atoms with Crippen LogP contribution in [0.25, 0.3) is 0 Å². The Morgan fingerprint density at radius 3 is 2.70 bits per heavy atom. The number of carbonyl (C=O) groups excluding carboxylic acids is 1. The Hall–Kier alpha value is -1.95. The van der Waals surface area contributed by atoms with E-state index in [1.807, 2.05) is 38.2 Å². The van der Waals surface area contributed by atoms with Gasteiger partial charge in [-0.05, 0) is 31.2 Å². The van der Waals surface area contributed by atoms with E-state index >= 15 is 0 Å². The monoisotopic (exact) mass is 291 g/mol. The topological polar surface area (TPSA) is 56.1 Å². The van der Waals surface area contributed by atoms with E-state index in [0.29, 0.717) is 18.2 Å². The molecule has 1 aromatic carbocycles. The molecule has 0 spiro atoms. The zero-order chi connectivity index (χ0) is 14.4. The number of thioether (sulfide) groups is 1. The van der Waals surface area contributed by atoms with Crippen LogP contribution in [0.1, 0.15) is 6.92 Å². The maximum Gasteiger partial charge on any atom is 0.235 e. The molecule has 20 heavy (non-hydrogen) atoms. The predicted molar refractivity (Wildman–Crippen MR) is 80.2 cm³/mol. The third-order valence-electron chi connectivity index (χ3n) is 2.49. The van der Waals surface area contributed by atoms with Crippen LogP contribution >= 0.6 is 11.8 Å². The van der Waals surface area contributed by atoms with Gasteiger partial charge in [0, 0.05) is 24.2 Å². The van der Waals surface area contributed by atoms with Crippen molar-refractivity contribution in [2.24, 2.45) is 7.05 Å². The molecule has 2 aromatic rings. The van der Waals surface area contributed by atoms with E-state index in [-0.39, 0.29) is 5.91 Å². The van der Waals surface area contributed by atoms with Gasteiger partial charge in [-0.2, -0.15) is 5.10 Å². The molecule has 1 N–H and O–H groups in total. The highest BCUT2D eigenvalue weighted by Crippen LogP contribution is 2.21. The summed E-state index contributed by atoms with van der Waals surface area (Å²) >= 11 is 1.48. The van der Waals surface area contributed by atoms with Crippen molar-refractivity contribution in [1.29, 1.82) is 0 Å². The molecule has 2 rings (SSSR count). The van der Waals surface area contributed by atoms with Crippen molar-refractivity contribution < 1.29 is 9.53 Å². The number of aryl methyl sites for hydroxylation is 1. The number of ether oxygens (including phenoxy) is 1. The molecule has 0 saturated heterocycles. The number of hydrogen-bond acceptors (Lipinski definition) is 4. The van der Waals surface area contributed by atoms with Gasteiger partial charge in [-0.15, -0.1) is 11.8 Å². The second kappa shape index (κ2) is 7.00. The number of nitrogens with zero attached hydrogens (tertiary/aromatic N) is 2. The van der Waals surface area contributed by atoms with Crippen molar-refractivity contribution in [2.45, 2.75) is 11.8 Å². The quantitative estimate of drug-likeness (QED) is 0.831. The van der Waals surface area contributed by atoms with E-state index in [0.717, 1.165) is 10.6 Å². The van der Waals surface area contributed by atoms with Gasteiger partial charge in [-0.25, -0.2) is 0 Å². The first kappa shape index (κ1) is 14.5. The number of nitrogens with one attached hydrogen (secondary N) is 1. The van der Waals surface area contributed by atoms with Crippen LogP contribution in [0.4, 0.5) is 5.82 Å². The minimum atomic E-state index is -0.0671. The van der Waals surface area contributed by atoms with Crippen LogP contribution in [0.5, 0.6) is 5.75 Å². The normalized spacial score (nSPS) is 10.3. The summed E-state index contributed by atoms with van der Waals surface area (Å²) in [5.74, 6) is 1.70. The Bertz CT molecular complexity index is 566. The molecule has 0 saturated carbocycles. The molecule has 1 aromatic heterocycles. The second-order valence-corrected chi connectivity index (χ2v) is 5.16. The number of rotatable bonds is 6. The summed E-state index contributed by atoms with van der Waals surface area (Å²) < 4.78 is 7.02. The second-order valence-electron chi connectivity index (χ2n) is 4.12. The van der Waals surface area contributed by atoms with Gasteiger partial charge in [0.2, 0.25) is 5.91 Å². The molecule has 0 aliphatic carbocycles. The zero-order valence-corrected chi connectivity index (χ0v) is 12.3. The minimum absolute atomic E-state index is 0.0671. The van der Waals surface area contributed by atoms with E-state index in [9.17, 15) is 4.79 Å². The maximum atomic E-state index is 11.8. The maximum absolute atomic E-state index is 11.8. The average Bonchev–Trinajstić information content (AvgIpc) is 2.84. The number of benzene rings is 1. The fourth-order valence-corrected chi connectivity index (χ4v) is 2.31. The highest BCUT2D eigenvalue weighted by atomic mass is 32.2. The van der Waals surface area contributed by atoms with Crippen LogP contribution in [-0.2, 0) is 11.8 Å². The van der Waals surface area contributed by atoms with E-state index in [1.165, 1.54) is 11.8 Å². The lowest BCUT2D eigenvalue weighted by Crippen LogP contribution is -2.14. The Morgan fingerprint density at radius 2 is 2.10 bits per heavy atom. The molecular formula is C14H17N3O2S. The number of hydrogen-bond donors (Lipinski definition) is 1. The minimum Gasteiger partial charge on any atom is -0.494 e. The lowest BCUT2D eigenvalue weighted by Gasteiger charge is -2.05. The Kier molecular flexibility index (Phi) is 5.06. The van der Waals surface area contributed by atoms with E-state index in [4.69, 9.17) is 4.74 Å². The summed E-state index contributed by atoms with van der Waals surface area (Å²) in [6.07, 6.45) is 1.79.